The first-order chi connectivity index (χ1) is 11.2. The Morgan fingerprint density at radius 2 is 2.13 bits per heavy atom. The van der Waals surface area contributed by atoms with Crippen LogP contribution in [0, 0.1) is 0 Å². The van der Waals surface area contributed by atoms with Gasteiger partial charge < -0.3 is 4.98 Å². The predicted octanol–water partition coefficient (Wildman–Crippen LogP) is 4.55. The Morgan fingerprint density at radius 3 is 3.00 bits per heavy atom. The molecular formula is C18H18N4S. The van der Waals surface area contributed by atoms with Crippen LogP contribution in [0.2, 0.25) is 0 Å². The summed E-state index contributed by atoms with van der Waals surface area (Å²) in [5, 5.41) is 7.93. The Balaban J connectivity index is 1.87. The summed E-state index contributed by atoms with van der Waals surface area (Å²) in [6, 6.07) is 2.24. The fourth-order valence-corrected chi connectivity index (χ4v) is 4.82. The molecular weight excluding hydrogens is 304 g/mol. The van der Waals surface area contributed by atoms with Crippen LogP contribution in [0.25, 0.3) is 27.1 Å². The van der Waals surface area contributed by atoms with Crippen molar-refractivity contribution in [2.24, 2.45) is 0 Å². The summed E-state index contributed by atoms with van der Waals surface area (Å²) in [6.07, 6.45) is 7.28. The topological polar surface area (TPSA) is 46.0 Å². The Bertz CT molecular complexity index is 1030. The van der Waals surface area contributed by atoms with Crippen molar-refractivity contribution >= 4 is 27.2 Å². The fraction of sp³-hybridized carbons (Fsp3) is 0.333. The maximum atomic E-state index is 4.46. The third kappa shape index (κ3) is 1.77. The van der Waals surface area contributed by atoms with Crippen molar-refractivity contribution in [2.75, 3.05) is 0 Å². The van der Waals surface area contributed by atoms with Crippen molar-refractivity contribution in [1.82, 2.24) is 19.6 Å². The van der Waals surface area contributed by atoms with Gasteiger partial charge in [-0.15, -0.1) is 11.3 Å². The van der Waals surface area contributed by atoms with Gasteiger partial charge in [0.05, 0.1) is 5.69 Å². The highest BCUT2D eigenvalue weighted by molar-refractivity contribution is 7.16. The van der Waals surface area contributed by atoms with Crippen LogP contribution in [0.5, 0.6) is 0 Å². The van der Waals surface area contributed by atoms with E-state index in [4.69, 9.17) is 0 Å². The smallest absolute Gasteiger partial charge is 0.158 e. The van der Waals surface area contributed by atoms with Crippen molar-refractivity contribution in [3.63, 3.8) is 0 Å². The largest absolute Gasteiger partial charge is 0.346 e. The van der Waals surface area contributed by atoms with Crippen molar-refractivity contribution < 1.29 is 0 Å². The molecule has 0 aliphatic heterocycles. The van der Waals surface area contributed by atoms with Gasteiger partial charge in [-0.25, -0.2) is 9.50 Å². The molecule has 0 amide bonds. The van der Waals surface area contributed by atoms with Crippen molar-refractivity contribution in [3.8, 4) is 11.3 Å². The maximum absolute atomic E-state index is 4.46. The summed E-state index contributed by atoms with van der Waals surface area (Å²) in [7, 11) is 0. The first-order valence-corrected chi connectivity index (χ1v) is 9.05. The number of rotatable bonds is 2. The molecule has 0 radical (unpaired) electrons. The highest BCUT2D eigenvalue weighted by atomic mass is 32.1. The monoisotopic (exact) mass is 322 g/mol. The minimum Gasteiger partial charge on any atom is -0.346 e. The van der Waals surface area contributed by atoms with Crippen LogP contribution in [0.4, 0.5) is 0 Å². The first kappa shape index (κ1) is 13.3. The van der Waals surface area contributed by atoms with Crippen molar-refractivity contribution in [1.29, 1.82) is 0 Å². The molecule has 4 aromatic rings. The summed E-state index contributed by atoms with van der Waals surface area (Å²) in [4.78, 5) is 9.42. The number of aromatic nitrogens is 4. The second-order valence-corrected chi connectivity index (χ2v) is 7.53. The van der Waals surface area contributed by atoms with Gasteiger partial charge >= 0.3 is 0 Å². The molecule has 23 heavy (non-hydrogen) atoms. The van der Waals surface area contributed by atoms with Gasteiger partial charge in [-0.1, -0.05) is 13.8 Å². The van der Waals surface area contributed by atoms with Gasteiger partial charge in [0, 0.05) is 22.7 Å². The van der Waals surface area contributed by atoms with Gasteiger partial charge in [-0.2, -0.15) is 5.10 Å². The predicted molar refractivity (Wildman–Crippen MR) is 94.3 cm³/mol. The molecule has 0 saturated carbocycles. The second kappa shape index (κ2) is 4.68. The van der Waals surface area contributed by atoms with Crippen LogP contribution in [0.3, 0.4) is 0 Å². The molecule has 0 atom stereocenters. The lowest BCUT2D eigenvalue weighted by atomic mass is 9.94. The standard InChI is InChI=1S/C18H18N4S/c1-10(2)15-13-6-7-23-18(13)21-16(15)14-8-22-17(19-9-20-22)12-5-3-4-11(12)14/h6-10,21H,3-5H2,1-2H3. The van der Waals surface area contributed by atoms with E-state index < -0.39 is 0 Å². The Hall–Kier alpha value is -2.14. The van der Waals surface area contributed by atoms with Gasteiger partial charge in [0.1, 0.15) is 11.2 Å². The number of aryl methyl sites for hydroxylation is 1. The number of fused-ring (bicyclic) bond motifs is 4. The van der Waals surface area contributed by atoms with E-state index >= 15 is 0 Å². The Morgan fingerprint density at radius 1 is 1.26 bits per heavy atom. The van der Waals surface area contributed by atoms with Gasteiger partial charge in [0.2, 0.25) is 0 Å². The van der Waals surface area contributed by atoms with Crippen LogP contribution >= 0.6 is 11.3 Å². The van der Waals surface area contributed by atoms with E-state index in [2.05, 4.69) is 46.6 Å². The minimum absolute atomic E-state index is 0.483. The number of hydrogen-bond acceptors (Lipinski definition) is 3. The highest BCUT2D eigenvalue weighted by Crippen LogP contribution is 2.41. The zero-order chi connectivity index (χ0) is 15.6. The van der Waals surface area contributed by atoms with Crippen LogP contribution in [0.15, 0.2) is 24.0 Å². The number of nitrogens with zero attached hydrogens (tertiary/aromatic N) is 3. The molecule has 116 valence electrons. The van der Waals surface area contributed by atoms with E-state index in [0.717, 1.165) is 18.5 Å². The Kier molecular flexibility index (Phi) is 2.71. The summed E-state index contributed by atoms with van der Waals surface area (Å²) in [5.41, 5.74) is 7.88. The number of pyridine rings is 1. The summed E-state index contributed by atoms with van der Waals surface area (Å²) in [6.45, 7) is 4.55. The van der Waals surface area contributed by atoms with Crippen LogP contribution in [0.1, 0.15) is 42.9 Å². The van der Waals surface area contributed by atoms with E-state index in [1.165, 1.54) is 44.6 Å². The van der Waals surface area contributed by atoms with Crippen LogP contribution < -0.4 is 0 Å². The molecule has 4 heterocycles. The molecule has 1 N–H and O–H groups in total. The summed E-state index contributed by atoms with van der Waals surface area (Å²) < 4.78 is 1.94. The minimum atomic E-state index is 0.483. The SMILES string of the molecule is CC(C)c1c(-c2cn3ncnc3c3c2CCC3)[nH]c2sccc12. The number of H-pyrrole nitrogens is 1. The van der Waals surface area contributed by atoms with E-state index in [9.17, 15) is 0 Å². The second-order valence-electron chi connectivity index (χ2n) is 6.61. The molecule has 1 aliphatic carbocycles. The molecule has 0 spiro atoms. The molecule has 0 unspecified atom stereocenters. The number of hydrogen-bond donors (Lipinski definition) is 1. The number of aromatic amines is 1. The fourth-order valence-electron chi connectivity index (χ4n) is 4.01. The summed E-state index contributed by atoms with van der Waals surface area (Å²) in [5.74, 6) is 0.483. The lowest BCUT2D eigenvalue weighted by molar-refractivity contribution is 0.875. The van der Waals surface area contributed by atoms with Gasteiger partial charge in [0.25, 0.3) is 0 Å². The summed E-state index contributed by atoms with van der Waals surface area (Å²) >= 11 is 1.78. The van der Waals surface area contributed by atoms with Gasteiger partial charge in [-0.3, -0.25) is 0 Å². The lowest BCUT2D eigenvalue weighted by Crippen LogP contribution is -2.00. The quantitative estimate of drug-likeness (QED) is 0.588. The molecule has 1 aliphatic rings. The zero-order valence-electron chi connectivity index (χ0n) is 13.3. The molecule has 4 nitrogen and oxygen atoms in total. The molecule has 0 aromatic carbocycles. The van der Waals surface area contributed by atoms with Crippen LogP contribution in [-0.2, 0) is 12.8 Å². The zero-order valence-corrected chi connectivity index (χ0v) is 14.1. The highest BCUT2D eigenvalue weighted by Gasteiger charge is 2.25. The van der Waals surface area contributed by atoms with Crippen LogP contribution in [-0.4, -0.2) is 19.6 Å². The van der Waals surface area contributed by atoms with E-state index in [1.54, 1.807) is 17.7 Å². The molecule has 5 rings (SSSR count). The first-order valence-electron chi connectivity index (χ1n) is 8.17. The van der Waals surface area contributed by atoms with Gasteiger partial charge in [-0.05, 0) is 47.8 Å². The molecule has 4 aromatic heterocycles. The van der Waals surface area contributed by atoms with E-state index in [-0.39, 0.29) is 0 Å². The third-order valence-corrected chi connectivity index (χ3v) is 5.78. The lowest BCUT2D eigenvalue weighted by Gasteiger charge is -2.13. The normalized spacial score (nSPS) is 14.4. The average Bonchev–Trinajstić information content (AvgIpc) is 3.27. The van der Waals surface area contributed by atoms with Crippen molar-refractivity contribution in [3.05, 3.63) is 40.7 Å². The van der Waals surface area contributed by atoms with Gasteiger partial charge in [0.15, 0.2) is 5.65 Å². The maximum Gasteiger partial charge on any atom is 0.158 e. The molecule has 0 saturated heterocycles. The third-order valence-electron chi connectivity index (χ3n) is 4.95. The average molecular weight is 322 g/mol. The van der Waals surface area contributed by atoms with Crippen molar-refractivity contribution in [2.45, 2.75) is 39.0 Å². The molecule has 0 fully saturated rings. The Labute approximate surface area is 138 Å². The molecule has 0 bridgehead atoms. The van der Waals surface area contributed by atoms with E-state index in [1.807, 2.05) is 4.52 Å². The number of thiophene rings is 1. The molecule has 5 heteroatoms. The van der Waals surface area contributed by atoms with E-state index in [0.29, 0.717) is 5.92 Å². The number of nitrogens with one attached hydrogen (secondary N) is 1.